The monoisotopic (exact) mass is 290 g/mol. The summed E-state index contributed by atoms with van der Waals surface area (Å²) >= 11 is 0. The Bertz CT molecular complexity index is 528. The van der Waals surface area contributed by atoms with Crippen LogP contribution in [0.1, 0.15) is 38.3 Å². The van der Waals surface area contributed by atoms with Crippen LogP contribution < -0.4 is 10.2 Å². The molecule has 1 atom stereocenters. The third-order valence-electron chi connectivity index (χ3n) is 4.04. The number of carboxylic acid groups (broad SMARTS) is 1. The maximum absolute atomic E-state index is 11.7. The van der Waals surface area contributed by atoms with Crippen LogP contribution >= 0.6 is 0 Å². The molecule has 1 aliphatic heterocycles. The second kappa shape index (κ2) is 6.06. The van der Waals surface area contributed by atoms with E-state index in [9.17, 15) is 9.90 Å². The van der Waals surface area contributed by atoms with Gasteiger partial charge < -0.3 is 10.0 Å². The van der Waals surface area contributed by atoms with Crippen molar-refractivity contribution in [2.24, 2.45) is 0 Å². The predicted octanol–water partition coefficient (Wildman–Crippen LogP) is 2.59. The van der Waals surface area contributed by atoms with Gasteiger partial charge in [-0.2, -0.15) is 0 Å². The number of rotatable bonds is 5. The molecule has 4 nitrogen and oxygen atoms in total. The Morgan fingerprint density at radius 2 is 2.19 bits per heavy atom. The summed E-state index contributed by atoms with van der Waals surface area (Å²) in [5, 5.41) is 12.8. The van der Waals surface area contributed by atoms with Crippen molar-refractivity contribution in [2.75, 3.05) is 18.0 Å². The zero-order valence-corrected chi connectivity index (χ0v) is 13.4. The largest absolute Gasteiger partial charge is 0.480 e. The summed E-state index contributed by atoms with van der Waals surface area (Å²) in [6.45, 7) is 9.23. The highest BCUT2D eigenvalue weighted by Gasteiger charge is 2.36. The lowest BCUT2D eigenvalue weighted by molar-refractivity contribution is -0.144. The van der Waals surface area contributed by atoms with Gasteiger partial charge in [-0.3, -0.25) is 10.1 Å². The molecule has 0 bridgehead atoms. The highest BCUT2D eigenvalue weighted by atomic mass is 16.4. The van der Waals surface area contributed by atoms with Crippen molar-refractivity contribution in [3.63, 3.8) is 0 Å². The Labute approximate surface area is 127 Å². The van der Waals surface area contributed by atoms with E-state index in [2.05, 4.69) is 35.3 Å². The number of carbonyl (C=O) groups is 1. The highest BCUT2D eigenvalue weighted by molar-refractivity contribution is 5.79. The molecule has 2 N–H and O–H groups in total. The van der Waals surface area contributed by atoms with Crippen LogP contribution in [-0.4, -0.2) is 35.7 Å². The fourth-order valence-electron chi connectivity index (χ4n) is 3.16. The number of fused-ring (bicyclic) bond motifs is 1. The summed E-state index contributed by atoms with van der Waals surface area (Å²) in [4.78, 5) is 13.9. The van der Waals surface area contributed by atoms with E-state index in [0.717, 1.165) is 19.4 Å². The van der Waals surface area contributed by atoms with Crippen molar-refractivity contribution in [2.45, 2.75) is 52.1 Å². The van der Waals surface area contributed by atoms with Gasteiger partial charge in [0, 0.05) is 24.8 Å². The van der Waals surface area contributed by atoms with Crippen LogP contribution in [0.4, 0.5) is 5.69 Å². The average molecular weight is 290 g/mol. The fraction of sp³-hybridized carbons (Fsp3) is 0.588. The van der Waals surface area contributed by atoms with Gasteiger partial charge in [-0.1, -0.05) is 17.7 Å². The molecule has 1 unspecified atom stereocenters. The van der Waals surface area contributed by atoms with Gasteiger partial charge in [0.15, 0.2) is 0 Å². The number of benzene rings is 1. The summed E-state index contributed by atoms with van der Waals surface area (Å²) in [6.07, 6.45) is 2.16. The van der Waals surface area contributed by atoms with Gasteiger partial charge in [-0.15, -0.1) is 0 Å². The van der Waals surface area contributed by atoms with Crippen LogP contribution in [-0.2, 0) is 11.2 Å². The van der Waals surface area contributed by atoms with Crippen molar-refractivity contribution >= 4 is 11.7 Å². The first-order chi connectivity index (χ1) is 9.82. The van der Waals surface area contributed by atoms with Crippen LogP contribution in [0.25, 0.3) is 0 Å². The topological polar surface area (TPSA) is 52.6 Å². The number of aryl methyl sites for hydroxylation is 2. The first-order valence-electron chi connectivity index (χ1n) is 7.67. The van der Waals surface area contributed by atoms with E-state index in [1.807, 2.05) is 13.8 Å². The normalized spacial score (nSPS) is 17.5. The smallest absolute Gasteiger partial charge is 0.325 e. The van der Waals surface area contributed by atoms with Crippen LogP contribution in [0.2, 0.25) is 0 Å². The quantitative estimate of drug-likeness (QED) is 0.875. The minimum atomic E-state index is -0.937. The standard InChI is InChI=1S/C17H26N2O2/c1-12(2)18-17(4,16(20)21)11-19-9-5-6-14-10-13(3)7-8-15(14)19/h7-8,10,12,18H,5-6,9,11H2,1-4H3,(H,20,21). The molecule has 21 heavy (non-hydrogen) atoms. The van der Waals surface area contributed by atoms with Gasteiger partial charge in [0.2, 0.25) is 0 Å². The van der Waals surface area contributed by atoms with Crippen molar-refractivity contribution < 1.29 is 9.90 Å². The van der Waals surface area contributed by atoms with Gasteiger partial charge in [0.1, 0.15) is 5.54 Å². The molecule has 2 rings (SSSR count). The lowest BCUT2D eigenvalue weighted by Crippen LogP contribution is -2.59. The second-order valence-electron chi connectivity index (χ2n) is 6.59. The molecule has 0 fully saturated rings. The average Bonchev–Trinajstić information content (AvgIpc) is 2.37. The number of carboxylic acids is 1. The third-order valence-corrected chi connectivity index (χ3v) is 4.04. The molecule has 1 aromatic carbocycles. The molecule has 0 saturated heterocycles. The Morgan fingerprint density at radius 1 is 1.48 bits per heavy atom. The van der Waals surface area contributed by atoms with Crippen LogP contribution in [0.5, 0.6) is 0 Å². The third kappa shape index (κ3) is 3.56. The van der Waals surface area contributed by atoms with E-state index < -0.39 is 11.5 Å². The number of nitrogens with zero attached hydrogens (tertiary/aromatic N) is 1. The SMILES string of the molecule is Cc1ccc2c(c1)CCCN2CC(C)(NC(C)C)C(=O)O. The van der Waals surface area contributed by atoms with Crippen molar-refractivity contribution in [1.29, 1.82) is 0 Å². The van der Waals surface area contributed by atoms with E-state index >= 15 is 0 Å². The number of nitrogens with one attached hydrogen (secondary N) is 1. The molecule has 1 heterocycles. The van der Waals surface area contributed by atoms with Crippen LogP contribution in [0.3, 0.4) is 0 Å². The number of hydrogen-bond donors (Lipinski definition) is 2. The van der Waals surface area contributed by atoms with Crippen molar-refractivity contribution in [3.8, 4) is 0 Å². The molecule has 1 aromatic rings. The zero-order chi connectivity index (χ0) is 15.6. The molecule has 1 aliphatic rings. The number of hydrogen-bond acceptors (Lipinski definition) is 3. The van der Waals surface area contributed by atoms with Gasteiger partial charge in [-0.05, 0) is 52.2 Å². The van der Waals surface area contributed by atoms with Crippen LogP contribution in [0.15, 0.2) is 18.2 Å². The first kappa shape index (κ1) is 15.8. The van der Waals surface area contributed by atoms with E-state index in [-0.39, 0.29) is 6.04 Å². The number of anilines is 1. The van der Waals surface area contributed by atoms with E-state index in [1.165, 1.54) is 16.8 Å². The fourth-order valence-corrected chi connectivity index (χ4v) is 3.16. The molecule has 116 valence electrons. The minimum absolute atomic E-state index is 0.133. The van der Waals surface area contributed by atoms with Crippen molar-refractivity contribution in [1.82, 2.24) is 5.32 Å². The Kier molecular flexibility index (Phi) is 4.57. The van der Waals surface area contributed by atoms with Gasteiger partial charge >= 0.3 is 5.97 Å². The van der Waals surface area contributed by atoms with E-state index in [0.29, 0.717) is 6.54 Å². The van der Waals surface area contributed by atoms with E-state index in [1.54, 1.807) is 6.92 Å². The summed E-state index contributed by atoms with van der Waals surface area (Å²) in [6, 6.07) is 6.58. The van der Waals surface area contributed by atoms with Crippen LogP contribution in [0, 0.1) is 6.92 Å². The van der Waals surface area contributed by atoms with Gasteiger partial charge in [0.05, 0.1) is 0 Å². The van der Waals surface area contributed by atoms with E-state index in [4.69, 9.17) is 0 Å². The van der Waals surface area contributed by atoms with Crippen molar-refractivity contribution in [3.05, 3.63) is 29.3 Å². The lowest BCUT2D eigenvalue weighted by Gasteiger charge is -2.38. The lowest BCUT2D eigenvalue weighted by atomic mass is 9.95. The summed E-state index contributed by atoms with van der Waals surface area (Å²) in [7, 11) is 0. The molecule has 0 spiro atoms. The Balaban J connectivity index is 2.25. The number of aliphatic carboxylic acids is 1. The highest BCUT2D eigenvalue weighted by Crippen LogP contribution is 2.29. The first-order valence-corrected chi connectivity index (χ1v) is 7.67. The molecule has 0 saturated carbocycles. The summed E-state index contributed by atoms with van der Waals surface area (Å²) in [5.74, 6) is -0.796. The zero-order valence-electron chi connectivity index (χ0n) is 13.4. The maximum Gasteiger partial charge on any atom is 0.325 e. The predicted molar refractivity (Wildman–Crippen MR) is 86.0 cm³/mol. The summed E-state index contributed by atoms with van der Waals surface area (Å²) in [5.41, 5.74) is 2.84. The Morgan fingerprint density at radius 3 is 2.81 bits per heavy atom. The Hall–Kier alpha value is -1.55. The van der Waals surface area contributed by atoms with Gasteiger partial charge in [-0.25, -0.2) is 0 Å². The van der Waals surface area contributed by atoms with Gasteiger partial charge in [0.25, 0.3) is 0 Å². The molecule has 0 aromatic heterocycles. The minimum Gasteiger partial charge on any atom is -0.480 e. The molecular formula is C17H26N2O2. The molecular weight excluding hydrogens is 264 g/mol. The second-order valence-corrected chi connectivity index (χ2v) is 6.59. The molecule has 0 radical (unpaired) electrons. The molecule has 0 aliphatic carbocycles. The summed E-state index contributed by atoms with van der Waals surface area (Å²) < 4.78 is 0. The molecule has 0 amide bonds. The maximum atomic E-state index is 11.7. The molecule has 4 heteroatoms.